The number of non-ortho nitro benzene ring substituents is 1. The van der Waals surface area contributed by atoms with Crippen LogP contribution in [0.1, 0.15) is 39.2 Å². The number of nitro groups is 1. The number of halogens is 1. The first-order chi connectivity index (χ1) is 11.5. The van der Waals surface area contributed by atoms with Gasteiger partial charge in [0.1, 0.15) is 10.6 Å². The van der Waals surface area contributed by atoms with E-state index in [4.69, 9.17) is 0 Å². The molecule has 0 aromatic heterocycles. The van der Waals surface area contributed by atoms with Crippen molar-refractivity contribution in [1.29, 1.82) is 0 Å². The summed E-state index contributed by atoms with van der Waals surface area (Å²) in [5.41, 5.74) is -1.43. The summed E-state index contributed by atoms with van der Waals surface area (Å²) in [6, 6.07) is 3.08. The van der Waals surface area contributed by atoms with Gasteiger partial charge < -0.3 is 0 Å². The molecule has 1 heterocycles. The summed E-state index contributed by atoms with van der Waals surface area (Å²) in [5.74, 6) is -1.13. The number of allylic oxidation sites excluding steroid dienone is 1. The van der Waals surface area contributed by atoms with E-state index in [1.807, 2.05) is 0 Å². The van der Waals surface area contributed by atoms with E-state index in [1.165, 1.54) is 6.92 Å². The minimum Gasteiger partial charge on any atom is -0.280 e. The maximum Gasteiger partial charge on any atom is 0.270 e. The van der Waals surface area contributed by atoms with Crippen LogP contribution in [-0.4, -0.2) is 29.6 Å². The van der Waals surface area contributed by atoms with E-state index in [-0.39, 0.29) is 11.3 Å². The van der Waals surface area contributed by atoms with Crippen LogP contribution >= 0.6 is 0 Å². The minimum absolute atomic E-state index is 0.0876. The Kier molecular flexibility index (Phi) is 4.87. The van der Waals surface area contributed by atoms with Gasteiger partial charge in [0.2, 0.25) is 0 Å². The lowest BCUT2D eigenvalue weighted by molar-refractivity contribution is -0.385. The SMILES string of the molecule is C=CCCC1(C)C(C)=N[C@](C)(c2cc([N+](=O)[O-])ccc2F)CS1(=O)=O. The Balaban J connectivity index is 2.63. The van der Waals surface area contributed by atoms with Crippen molar-refractivity contribution in [3.63, 3.8) is 0 Å². The number of sulfone groups is 1. The van der Waals surface area contributed by atoms with Gasteiger partial charge in [0.25, 0.3) is 5.69 Å². The second-order valence-electron chi connectivity index (χ2n) is 6.71. The molecule has 6 nitrogen and oxygen atoms in total. The standard InChI is InChI=1S/C17H21FN2O4S/c1-5-6-9-17(4)12(2)19-16(3,11-25(17,23)24)14-10-13(20(21)22)7-8-15(14)18/h5,7-8,10H,1,6,9,11H2,2-4H3/t16-,17?/m0/s1. The predicted molar refractivity (Wildman–Crippen MR) is 95.1 cm³/mol. The first-order valence-corrected chi connectivity index (χ1v) is 9.46. The van der Waals surface area contributed by atoms with Gasteiger partial charge >= 0.3 is 0 Å². The van der Waals surface area contributed by atoms with Crippen LogP contribution < -0.4 is 0 Å². The molecule has 0 spiro atoms. The fourth-order valence-corrected chi connectivity index (χ4v) is 5.37. The molecule has 0 N–H and O–H groups in total. The van der Waals surface area contributed by atoms with Crippen LogP contribution in [0.2, 0.25) is 0 Å². The molecule has 2 atom stereocenters. The number of aliphatic imine (C=N–C) groups is 1. The summed E-state index contributed by atoms with van der Waals surface area (Å²) < 4.78 is 39.1. The molecule has 0 radical (unpaired) electrons. The predicted octanol–water partition coefficient (Wildman–Crippen LogP) is 3.56. The molecule has 0 aliphatic carbocycles. The van der Waals surface area contributed by atoms with E-state index in [9.17, 15) is 22.9 Å². The average Bonchev–Trinajstić information content (AvgIpc) is 2.50. The first kappa shape index (κ1) is 19.2. The first-order valence-electron chi connectivity index (χ1n) is 7.81. The quantitative estimate of drug-likeness (QED) is 0.451. The van der Waals surface area contributed by atoms with E-state index >= 15 is 0 Å². The average molecular weight is 368 g/mol. The number of hydrogen-bond donors (Lipinski definition) is 0. The van der Waals surface area contributed by atoms with Gasteiger partial charge in [0, 0.05) is 23.4 Å². The van der Waals surface area contributed by atoms with Crippen LogP contribution in [0.3, 0.4) is 0 Å². The molecule has 0 saturated heterocycles. The third-order valence-electron chi connectivity index (χ3n) is 4.90. The third-order valence-corrected chi connectivity index (χ3v) is 7.72. The molecule has 1 aliphatic rings. The van der Waals surface area contributed by atoms with Crippen molar-refractivity contribution in [2.75, 3.05) is 5.75 Å². The van der Waals surface area contributed by atoms with Crippen molar-refractivity contribution in [3.8, 4) is 0 Å². The molecule has 0 bridgehead atoms. The zero-order valence-corrected chi connectivity index (χ0v) is 15.3. The van der Waals surface area contributed by atoms with Crippen LogP contribution in [-0.2, 0) is 15.4 Å². The van der Waals surface area contributed by atoms with Crippen molar-refractivity contribution < 1.29 is 17.7 Å². The molecule has 0 saturated carbocycles. The zero-order chi connectivity index (χ0) is 19.0. The fourth-order valence-electron chi connectivity index (χ4n) is 3.17. The van der Waals surface area contributed by atoms with Crippen molar-refractivity contribution in [1.82, 2.24) is 0 Å². The summed E-state index contributed by atoms with van der Waals surface area (Å²) in [7, 11) is -3.67. The van der Waals surface area contributed by atoms with Crippen LogP contribution in [0.4, 0.5) is 10.1 Å². The normalized spacial score (nSPS) is 28.2. The van der Waals surface area contributed by atoms with Crippen LogP contribution in [0.5, 0.6) is 0 Å². The highest BCUT2D eigenvalue weighted by atomic mass is 32.2. The highest BCUT2D eigenvalue weighted by molar-refractivity contribution is 7.93. The van der Waals surface area contributed by atoms with Gasteiger partial charge in [0.05, 0.1) is 16.2 Å². The van der Waals surface area contributed by atoms with Gasteiger partial charge in [-0.2, -0.15) is 0 Å². The Morgan fingerprint density at radius 2 is 2.08 bits per heavy atom. The molecule has 0 fully saturated rings. The minimum atomic E-state index is -3.67. The molecule has 25 heavy (non-hydrogen) atoms. The Labute approximate surface area is 146 Å². The van der Waals surface area contributed by atoms with Gasteiger partial charge in [0.15, 0.2) is 9.84 Å². The summed E-state index contributed by atoms with van der Waals surface area (Å²) >= 11 is 0. The Morgan fingerprint density at radius 3 is 2.60 bits per heavy atom. The Morgan fingerprint density at radius 1 is 1.44 bits per heavy atom. The second kappa shape index (κ2) is 6.33. The summed E-state index contributed by atoms with van der Waals surface area (Å²) in [6.45, 7) is 8.31. The molecule has 2 rings (SSSR count). The van der Waals surface area contributed by atoms with Crippen LogP contribution in [0.25, 0.3) is 0 Å². The number of rotatable bonds is 5. The second-order valence-corrected chi connectivity index (χ2v) is 9.13. The molecule has 1 aromatic carbocycles. The highest BCUT2D eigenvalue weighted by Gasteiger charge is 2.50. The largest absolute Gasteiger partial charge is 0.280 e. The lowest BCUT2D eigenvalue weighted by Gasteiger charge is -2.40. The Hall–Kier alpha value is -2.09. The molecular weight excluding hydrogens is 347 g/mol. The van der Waals surface area contributed by atoms with Gasteiger partial charge in [-0.05, 0) is 39.7 Å². The zero-order valence-electron chi connectivity index (χ0n) is 14.5. The Bertz CT molecular complexity index is 865. The van der Waals surface area contributed by atoms with E-state index in [0.717, 1.165) is 18.2 Å². The summed E-state index contributed by atoms with van der Waals surface area (Å²) in [4.78, 5) is 14.8. The smallest absolute Gasteiger partial charge is 0.270 e. The number of nitrogens with zero attached hydrogens (tertiary/aromatic N) is 2. The van der Waals surface area contributed by atoms with Crippen molar-refractivity contribution in [2.45, 2.75) is 43.9 Å². The van der Waals surface area contributed by atoms with E-state index in [2.05, 4.69) is 11.6 Å². The fraction of sp³-hybridized carbons (Fsp3) is 0.471. The maximum absolute atomic E-state index is 14.3. The molecule has 1 aromatic rings. The monoisotopic (exact) mass is 368 g/mol. The van der Waals surface area contributed by atoms with Crippen LogP contribution in [0.15, 0.2) is 35.8 Å². The molecule has 8 heteroatoms. The lowest BCUT2D eigenvalue weighted by Crippen LogP contribution is -2.52. The van der Waals surface area contributed by atoms with Crippen LogP contribution in [0, 0.1) is 15.9 Å². The van der Waals surface area contributed by atoms with E-state index in [0.29, 0.717) is 18.6 Å². The van der Waals surface area contributed by atoms with Crippen molar-refractivity contribution >= 4 is 21.2 Å². The van der Waals surface area contributed by atoms with Gasteiger partial charge in [-0.3, -0.25) is 15.1 Å². The maximum atomic E-state index is 14.3. The van der Waals surface area contributed by atoms with E-state index in [1.54, 1.807) is 19.9 Å². The lowest BCUT2D eigenvalue weighted by atomic mass is 9.91. The molecule has 0 amide bonds. The molecule has 1 aliphatic heterocycles. The van der Waals surface area contributed by atoms with Gasteiger partial charge in [-0.25, -0.2) is 12.8 Å². The molecule has 1 unspecified atom stereocenters. The summed E-state index contributed by atoms with van der Waals surface area (Å²) in [5, 5.41) is 11.0. The van der Waals surface area contributed by atoms with Gasteiger partial charge in [-0.1, -0.05) is 6.08 Å². The van der Waals surface area contributed by atoms with Crippen molar-refractivity contribution in [3.05, 3.63) is 52.3 Å². The van der Waals surface area contributed by atoms with Gasteiger partial charge in [-0.15, -0.1) is 6.58 Å². The number of nitro benzene ring substituents is 1. The molecule has 136 valence electrons. The number of benzene rings is 1. The molecular formula is C17H21FN2O4S. The number of hydrogen-bond acceptors (Lipinski definition) is 5. The van der Waals surface area contributed by atoms with E-state index < -0.39 is 36.6 Å². The third kappa shape index (κ3) is 3.22. The topological polar surface area (TPSA) is 89.6 Å². The highest BCUT2D eigenvalue weighted by Crippen LogP contribution is 2.41. The summed E-state index contributed by atoms with van der Waals surface area (Å²) in [6.07, 6.45) is 2.48. The van der Waals surface area contributed by atoms with Crippen molar-refractivity contribution in [2.24, 2.45) is 4.99 Å².